The van der Waals surface area contributed by atoms with Crippen LogP contribution in [0.4, 0.5) is 0 Å². The summed E-state index contributed by atoms with van der Waals surface area (Å²) in [6, 6.07) is 0. The summed E-state index contributed by atoms with van der Waals surface area (Å²) in [5.41, 5.74) is -0.802. The van der Waals surface area contributed by atoms with E-state index in [2.05, 4.69) is 24.2 Å². The first-order chi connectivity index (χ1) is 7.39. The average Bonchev–Trinajstić information content (AvgIpc) is 2.90. The fourth-order valence-corrected chi connectivity index (χ4v) is 1.90. The van der Waals surface area contributed by atoms with Gasteiger partial charge in [-0.3, -0.25) is 4.79 Å². The molecule has 0 aromatic carbocycles. The third kappa shape index (κ3) is 3.46. The number of aliphatic carboxylic acids is 1. The van der Waals surface area contributed by atoms with Crippen molar-refractivity contribution >= 4 is 5.97 Å². The molecule has 94 valence electrons. The predicted molar refractivity (Wildman–Crippen MR) is 64.5 cm³/mol. The summed E-state index contributed by atoms with van der Waals surface area (Å²) in [6.07, 6.45) is 1.96. The van der Waals surface area contributed by atoms with E-state index in [9.17, 15) is 4.79 Å². The van der Waals surface area contributed by atoms with Crippen LogP contribution in [0, 0.1) is 11.8 Å². The Balaban J connectivity index is 2.29. The van der Waals surface area contributed by atoms with Crippen molar-refractivity contribution < 1.29 is 9.90 Å². The van der Waals surface area contributed by atoms with E-state index >= 15 is 0 Å². The highest BCUT2D eigenvalue weighted by Gasteiger charge is 2.34. The lowest BCUT2D eigenvalue weighted by Crippen LogP contribution is -2.49. The van der Waals surface area contributed by atoms with Crippen LogP contribution in [0.3, 0.4) is 0 Å². The molecule has 0 aromatic heterocycles. The van der Waals surface area contributed by atoms with Gasteiger partial charge >= 0.3 is 5.97 Å². The molecule has 1 rings (SSSR count). The number of carboxylic acids is 1. The van der Waals surface area contributed by atoms with Crippen LogP contribution >= 0.6 is 0 Å². The minimum absolute atomic E-state index is 0.635. The van der Waals surface area contributed by atoms with Gasteiger partial charge in [0.1, 0.15) is 5.54 Å². The molecule has 1 aliphatic rings. The number of nitrogens with one attached hydrogen (secondary N) is 1. The van der Waals surface area contributed by atoms with Gasteiger partial charge in [-0.05, 0) is 45.7 Å². The Morgan fingerprint density at radius 1 is 1.62 bits per heavy atom. The van der Waals surface area contributed by atoms with Crippen LogP contribution in [0.15, 0.2) is 0 Å². The smallest absolute Gasteiger partial charge is 0.323 e. The lowest BCUT2D eigenvalue weighted by atomic mass is 9.98. The van der Waals surface area contributed by atoms with E-state index in [-0.39, 0.29) is 0 Å². The summed E-state index contributed by atoms with van der Waals surface area (Å²) in [6.45, 7) is 5.93. The first-order valence-corrected chi connectivity index (χ1v) is 6.00. The molecule has 1 aliphatic carbocycles. The number of nitrogens with zero attached hydrogens (tertiary/aromatic N) is 1. The first kappa shape index (κ1) is 13.5. The molecule has 3 unspecified atom stereocenters. The minimum Gasteiger partial charge on any atom is -0.480 e. The van der Waals surface area contributed by atoms with E-state index < -0.39 is 11.5 Å². The van der Waals surface area contributed by atoms with Crippen molar-refractivity contribution in [3.8, 4) is 0 Å². The van der Waals surface area contributed by atoms with Crippen LogP contribution in [-0.4, -0.2) is 48.7 Å². The van der Waals surface area contributed by atoms with Crippen LogP contribution in [0.25, 0.3) is 0 Å². The van der Waals surface area contributed by atoms with Gasteiger partial charge in [0.2, 0.25) is 0 Å². The average molecular weight is 228 g/mol. The van der Waals surface area contributed by atoms with Gasteiger partial charge in [0.05, 0.1) is 0 Å². The van der Waals surface area contributed by atoms with Crippen molar-refractivity contribution in [2.24, 2.45) is 11.8 Å². The molecule has 0 spiro atoms. The molecule has 0 radical (unpaired) electrons. The topological polar surface area (TPSA) is 52.6 Å². The predicted octanol–water partition coefficient (Wildman–Crippen LogP) is 1.03. The molecule has 0 heterocycles. The Hall–Kier alpha value is -0.610. The Kier molecular flexibility index (Phi) is 4.33. The highest BCUT2D eigenvalue weighted by molar-refractivity contribution is 5.78. The Morgan fingerprint density at radius 2 is 2.19 bits per heavy atom. The molecule has 0 bridgehead atoms. The molecule has 1 fully saturated rings. The molecule has 0 aromatic rings. The van der Waals surface area contributed by atoms with Gasteiger partial charge in [0.15, 0.2) is 0 Å². The van der Waals surface area contributed by atoms with E-state index in [1.54, 1.807) is 14.0 Å². The number of carboxylic acid groups (broad SMARTS) is 1. The minimum atomic E-state index is -0.802. The zero-order valence-corrected chi connectivity index (χ0v) is 10.8. The monoisotopic (exact) mass is 228 g/mol. The molecule has 0 aliphatic heterocycles. The van der Waals surface area contributed by atoms with Crippen LogP contribution in [0.2, 0.25) is 0 Å². The third-order valence-corrected chi connectivity index (χ3v) is 3.84. The zero-order chi connectivity index (χ0) is 12.3. The number of likely N-dealkylation sites (N-methyl/N-ethyl adjacent to an activating group) is 1. The number of hydrogen-bond acceptors (Lipinski definition) is 3. The molecular weight excluding hydrogens is 204 g/mol. The summed E-state index contributed by atoms with van der Waals surface area (Å²) < 4.78 is 0. The molecule has 1 saturated carbocycles. The van der Waals surface area contributed by atoms with Crippen molar-refractivity contribution in [1.82, 2.24) is 10.2 Å². The molecule has 16 heavy (non-hydrogen) atoms. The van der Waals surface area contributed by atoms with Crippen molar-refractivity contribution in [3.05, 3.63) is 0 Å². The van der Waals surface area contributed by atoms with E-state index in [0.717, 1.165) is 24.9 Å². The van der Waals surface area contributed by atoms with Crippen molar-refractivity contribution in [1.29, 1.82) is 0 Å². The quantitative estimate of drug-likeness (QED) is 0.683. The second-order valence-corrected chi connectivity index (χ2v) is 5.37. The van der Waals surface area contributed by atoms with Gasteiger partial charge in [-0.25, -0.2) is 0 Å². The normalized spacial score (nSPS) is 27.8. The Bertz CT molecular complexity index is 257. The first-order valence-electron chi connectivity index (χ1n) is 6.00. The highest BCUT2D eigenvalue weighted by atomic mass is 16.4. The van der Waals surface area contributed by atoms with Gasteiger partial charge in [0, 0.05) is 13.1 Å². The lowest BCUT2D eigenvalue weighted by Gasteiger charge is -2.27. The molecule has 4 heteroatoms. The van der Waals surface area contributed by atoms with Gasteiger partial charge in [-0.15, -0.1) is 0 Å². The summed E-state index contributed by atoms with van der Waals surface area (Å²) in [5, 5.41) is 12.0. The van der Waals surface area contributed by atoms with Gasteiger partial charge < -0.3 is 15.3 Å². The molecule has 0 amide bonds. The second kappa shape index (κ2) is 5.15. The van der Waals surface area contributed by atoms with Crippen LogP contribution < -0.4 is 5.32 Å². The van der Waals surface area contributed by atoms with Gasteiger partial charge in [0.25, 0.3) is 0 Å². The van der Waals surface area contributed by atoms with E-state index in [1.165, 1.54) is 6.42 Å². The van der Waals surface area contributed by atoms with E-state index in [4.69, 9.17) is 5.11 Å². The molecule has 3 atom stereocenters. The van der Waals surface area contributed by atoms with Crippen LogP contribution in [0.5, 0.6) is 0 Å². The summed E-state index contributed by atoms with van der Waals surface area (Å²) in [5.74, 6) is 0.913. The molecule has 0 saturated heterocycles. The van der Waals surface area contributed by atoms with Gasteiger partial charge in [-0.1, -0.05) is 6.92 Å². The van der Waals surface area contributed by atoms with E-state index in [0.29, 0.717) is 6.42 Å². The molecular formula is C12H24N2O2. The SMILES string of the molecule is CNC(C)(CCN(C)CC1CC1C)C(=O)O. The summed E-state index contributed by atoms with van der Waals surface area (Å²) >= 11 is 0. The Labute approximate surface area is 98.0 Å². The number of carbonyl (C=O) groups is 1. The second-order valence-electron chi connectivity index (χ2n) is 5.37. The maximum atomic E-state index is 11.1. The standard InChI is InChI=1S/C12H24N2O2/c1-9-7-10(9)8-14(4)6-5-12(2,13-3)11(15)16/h9-10,13H,5-8H2,1-4H3,(H,15,16). The third-order valence-electron chi connectivity index (χ3n) is 3.84. The fourth-order valence-electron chi connectivity index (χ4n) is 1.90. The van der Waals surface area contributed by atoms with Crippen molar-refractivity contribution in [2.45, 2.75) is 32.2 Å². The van der Waals surface area contributed by atoms with Gasteiger partial charge in [-0.2, -0.15) is 0 Å². The lowest BCUT2D eigenvalue weighted by molar-refractivity contribution is -0.144. The largest absolute Gasteiger partial charge is 0.480 e. The van der Waals surface area contributed by atoms with Crippen molar-refractivity contribution in [3.63, 3.8) is 0 Å². The molecule has 2 N–H and O–H groups in total. The maximum Gasteiger partial charge on any atom is 0.323 e. The molecule has 4 nitrogen and oxygen atoms in total. The van der Waals surface area contributed by atoms with E-state index in [1.807, 2.05) is 0 Å². The summed E-state index contributed by atoms with van der Waals surface area (Å²) in [4.78, 5) is 13.3. The Morgan fingerprint density at radius 3 is 2.56 bits per heavy atom. The van der Waals surface area contributed by atoms with Crippen LogP contribution in [-0.2, 0) is 4.79 Å². The number of rotatable bonds is 7. The number of hydrogen-bond donors (Lipinski definition) is 2. The highest BCUT2D eigenvalue weighted by Crippen LogP contribution is 2.37. The summed E-state index contributed by atoms with van der Waals surface area (Å²) in [7, 11) is 3.78. The zero-order valence-electron chi connectivity index (χ0n) is 10.8. The van der Waals surface area contributed by atoms with Crippen LogP contribution in [0.1, 0.15) is 26.7 Å². The maximum absolute atomic E-state index is 11.1. The fraction of sp³-hybridized carbons (Fsp3) is 0.917. The van der Waals surface area contributed by atoms with Crippen molar-refractivity contribution in [2.75, 3.05) is 27.2 Å².